The van der Waals surface area contributed by atoms with Gasteiger partial charge in [0, 0.05) is 0 Å². The van der Waals surface area contributed by atoms with E-state index in [2.05, 4.69) is 22.6 Å². The van der Waals surface area contributed by atoms with Crippen LogP contribution in [0.5, 0.6) is 0 Å². The van der Waals surface area contributed by atoms with E-state index in [0.29, 0.717) is 0 Å². The van der Waals surface area contributed by atoms with Crippen LogP contribution in [-0.2, 0) is 0 Å². The molecule has 0 aliphatic carbocycles. The monoisotopic (exact) mass is 274 g/mol. The highest BCUT2D eigenvalue weighted by Crippen LogP contribution is 2.21. The quantitative estimate of drug-likeness (QED) is 0.822. The molecule has 1 aromatic carbocycles. The molecule has 0 saturated carbocycles. The van der Waals surface area contributed by atoms with Gasteiger partial charge in [0.25, 0.3) is 0 Å². The SMILES string of the molecule is C/C(I)=C(/CO)c1ccccc1. The first kappa shape index (κ1) is 9.74. The van der Waals surface area contributed by atoms with Crippen molar-refractivity contribution in [2.75, 3.05) is 6.61 Å². The number of hydrogen-bond acceptors (Lipinski definition) is 1. The summed E-state index contributed by atoms with van der Waals surface area (Å²) < 4.78 is 1.14. The largest absolute Gasteiger partial charge is 0.392 e. The van der Waals surface area contributed by atoms with Crippen molar-refractivity contribution in [2.24, 2.45) is 0 Å². The minimum absolute atomic E-state index is 0.110. The van der Waals surface area contributed by atoms with Gasteiger partial charge in [0.05, 0.1) is 6.61 Å². The molecule has 1 rings (SSSR count). The van der Waals surface area contributed by atoms with Crippen LogP contribution in [0, 0.1) is 0 Å². The highest BCUT2D eigenvalue weighted by molar-refractivity contribution is 14.1. The Bertz CT molecular complexity index is 273. The zero-order valence-electron chi connectivity index (χ0n) is 6.92. The fraction of sp³-hybridized carbons (Fsp3) is 0.200. The van der Waals surface area contributed by atoms with Gasteiger partial charge in [-0.25, -0.2) is 0 Å². The molecule has 0 saturated heterocycles. The number of hydrogen-bond donors (Lipinski definition) is 1. The summed E-state index contributed by atoms with van der Waals surface area (Å²) in [7, 11) is 0. The Balaban J connectivity index is 3.05. The molecule has 2 heteroatoms. The molecule has 1 nitrogen and oxygen atoms in total. The molecule has 1 aromatic rings. The summed E-state index contributed by atoms with van der Waals surface area (Å²) in [5.74, 6) is 0. The summed E-state index contributed by atoms with van der Waals surface area (Å²) in [5.41, 5.74) is 2.11. The molecule has 12 heavy (non-hydrogen) atoms. The topological polar surface area (TPSA) is 20.2 Å². The lowest BCUT2D eigenvalue weighted by Gasteiger charge is -2.04. The first-order valence-electron chi connectivity index (χ1n) is 3.77. The van der Waals surface area contributed by atoms with Gasteiger partial charge < -0.3 is 5.11 Å². The molecule has 64 valence electrons. The fourth-order valence-corrected chi connectivity index (χ4v) is 1.52. The van der Waals surface area contributed by atoms with E-state index >= 15 is 0 Å². The molecule has 0 spiro atoms. The average Bonchev–Trinajstić information content (AvgIpc) is 2.07. The summed E-state index contributed by atoms with van der Waals surface area (Å²) in [4.78, 5) is 0. The molecule has 0 fully saturated rings. The summed E-state index contributed by atoms with van der Waals surface area (Å²) in [6.45, 7) is 2.11. The summed E-state index contributed by atoms with van der Waals surface area (Å²) in [6.07, 6.45) is 0. The molecule has 0 aromatic heterocycles. The van der Waals surface area contributed by atoms with Crippen molar-refractivity contribution in [1.82, 2.24) is 0 Å². The molecule has 0 heterocycles. The number of halogens is 1. The third-order valence-electron chi connectivity index (χ3n) is 1.70. The van der Waals surface area contributed by atoms with Crippen LogP contribution < -0.4 is 0 Å². The van der Waals surface area contributed by atoms with Crippen molar-refractivity contribution in [1.29, 1.82) is 0 Å². The van der Waals surface area contributed by atoms with Crippen molar-refractivity contribution >= 4 is 28.2 Å². The molecule has 1 N–H and O–H groups in total. The van der Waals surface area contributed by atoms with Gasteiger partial charge in [-0.15, -0.1) is 0 Å². The van der Waals surface area contributed by atoms with E-state index in [9.17, 15) is 0 Å². The highest BCUT2D eigenvalue weighted by atomic mass is 127. The number of aliphatic hydroxyl groups is 1. The van der Waals surface area contributed by atoms with E-state index < -0.39 is 0 Å². The van der Waals surface area contributed by atoms with E-state index in [4.69, 9.17) is 5.11 Å². The minimum atomic E-state index is 0.110. The van der Waals surface area contributed by atoms with Crippen molar-refractivity contribution in [3.63, 3.8) is 0 Å². The van der Waals surface area contributed by atoms with Gasteiger partial charge in [-0.3, -0.25) is 0 Å². The van der Waals surface area contributed by atoms with Gasteiger partial charge in [0.2, 0.25) is 0 Å². The zero-order chi connectivity index (χ0) is 8.97. The van der Waals surface area contributed by atoms with Crippen molar-refractivity contribution in [3.8, 4) is 0 Å². The second-order valence-corrected chi connectivity index (χ2v) is 4.15. The Hall–Kier alpha value is -0.350. The molecular weight excluding hydrogens is 263 g/mol. The Morgan fingerprint density at radius 1 is 1.33 bits per heavy atom. The smallest absolute Gasteiger partial charge is 0.0694 e. The van der Waals surface area contributed by atoms with Gasteiger partial charge in [0.1, 0.15) is 0 Å². The summed E-state index contributed by atoms with van der Waals surface area (Å²) >= 11 is 2.23. The van der Waals surface area contributed by atoms with Gasteiger partial charge in [-0.2, -0.15) is 0 Å². The standard InChI is InChI=1S/C10H11IO/c1-8(11)10(7-12)9-5-3-2-4-6-9/h2-6,12H,7H2,1H3/b10-8+. The molecule has 0 unspecified atom stereocenters. The molecule has 0 radical (unpaired) electrons. The molecular formula is C10H11IO. The third-order valence-corrected chi connectivity index (χ3v) is 2.35. The van der Waals surface area contributed by atoms with Crippen molar-refractivity contribution in [2.45, 2.75) is 6.92 Å². The molecule has 0 bridgehead atoms. The van der Waals surface area contributed by atoms with Crippen LogP contribution >= 0.6 is 22.6 Å². The van der Waals surface area contributed by atoms with Gasteiger partial charge >= 0.3 is 0 Å². The van der Waals surface area contributed by atoms with E-state index in [0.717, 1.165) is 14.7 Å². The van der Waals surface area contributed by atoms with Gasteiger partial charge in [-0.1, -0.05) is 30.3 Å². The maximum Gasteiger partial charge on any atom is 0.0694 e. The normalized spacial score (nSPS) is 12.6. The summed E-state index contributed by atoms with van der Waals surface area (Å²) in [6, 6.07) is 9.94. The van der Waals surface area contributed by atoms with Crippen molar-refractivity contribution in [3.05, 3.63) is 39.5 Å². The molecule has 0 amide bonds. The van der Waals surface area contributed by atoms with E-state index in [-0.39, 0.29) is 6.61 Å². The van der Waals surface area contributed by atoms with Gasteiger partial charge in [-0.05, 0) is 44.2 Å². The maximum absolute atomic E-state index is 9.09. The van der Waals surface area contributed by atoms with Crippen LogP contribution in [0.4, 0.5) is 0 Å². The second kappa shape index (κ2) is 4.62. The number of allylic oxidation sites excluding steroid dienone is 1. The Kier molecular flexibility index (Phi) is 3.75. The summed E-state index contributed by atoms with van der Waals surface area (Å²) in [5, 5.41) is 9.09. The molecule has 0 atom stereocenters. The van der Waals surface area contributed by atoms with Gasteiger partial charge in [0.15, 0.2) is 0 Å². The van der Waals surface area contributed by atoms with Crippen LogP contribution in [0.2, 0.25) is 0 Å². The second-order valence-electron chi connectivity index (χ2n) is 2.54. The lowest BCUT2D eigenvalue weighted by atomic mass is 10.1. The maximum atomic E-state index is 9.09. The van der Waals surface area contributed by atoms with Crippen LogP contribution in [0.1, 0.15) is 12.5 Å². The number of aliphatic hydroxyl groups excluding tert-OH is 1. The minimum Gasteiger partial charge on any atom is -0.392 e. The third kappa shape index (κ3) is 2.32. The van der Waals surface area contributed by atoms with Crippen LogP contribution in [0.3, 0.4) is 0 Å². The lowest BCUT2D eigenvalue weighted by Crippen LogP contribution is -1.90. The van der Waals surface area contributed by atoms with E-state index in [1.165, 1.54) is 0 Å². The zero-order valence-corrected chi connectivity index (χ0v) is 9.08. The number of rotatable bonds is 2. The Morgan fingerprint density at radius 3 is 2.33 bits per heavy atom. The highest BCUT2D eigenvalue weighted by Gasteiger charge is 2.00. The Labute approximate surface area is 86.3 Å². The average molecular weight is 274 g/mol. The van der Waals surface area contributed by atoms with Crippen molar-refractivity contribution < 1.29 is 5.11 Å². The van der Waals surface area contributed by atoms with Crippen LogP contribution in [0.25, 0.3) is 5.57 Å². The number of benzene rings is 1. The van der Waals surface area contributed by atoms with Crippen LogP contribution in [0.15, 0.2) is 33.9 Å². The van der Waals surface area contributed by atoms with E-state index in [1.54, 1.807) is 0 Å². The predicted molar refractivity (Wildman–Crippen MR) is 60.1 cm³/mol. The van der Waals surface area contributed by atoms with E-state index in [1.807, 2.05) is 37.3 Å². The lowest BCUT2D eigenvalue weighted by molar-refractivity contribution is 0.350. The van der Waals surface area contributed by atoms with Crippen LogP contribution in [-0.4, -0.2) is 11.7 Å². The molecule has 0 aliphatic rings. The molecule has 0 aliphatic heterocycles. The predicted octanol–water partition coefficient (Wildman–Crippen LogP) is 2.84. The fourth-order valence-electron chi connectivity index (χ4n) is 1.04. The Morgan fingerprint density at radius 2 is 1.92 bits per heavy atom. The first-order chi connectivity index (χ1) is 5.75. The first-order valence-corrected chi connectivity index (χ1v) is 4.85.